The minimum absolute atomic E-state index is 0.459. The van der Waals surface area contributed by atoms with Gasteiger partial charge in [-0.05, 0) is 24.6 Å². The molecule has 0 aliphatic rings. The van der Waals surface area contributed by atoms with Crippen LogP contribution in [0.2, 0.25) is 0 Å². The molecule has 6 nitrogen and oxygen atoms in total. The number of benzene rings is 1. The number of nitrogens with zero attached hydrogens (tertiary/aromatic N) is 4. The molecule has 0 amide bonds. The minimum atomic E-state index is -1.06. The van der Waals surface area contributed by atoms with Crippen LogP contribution in [0.1, 0.15) is 5.56 Å². The quantitative estimate of drug-likeness (QED) is 0.548. The van der Waals surface area contributed by atoms with Crippen LogP contribution in [0.4, 0.5) is 14.5 Å². The maximum Gasteiger partial charge on any atom is 0.275 e. The lowest BCUT2D eigenvalue weighted by atomic mass is 10.1. The zero-order valence-electron chi connectivity index (χ0n) is 11.9. The van der Waals surface area contributed by atoms with Gasteiger partial charge in [0.25, 0.3) is 5.69 Å². The van der Waals surface area contributed by atoms with Crippen LogP contribution in [0.5, 0.6) is 0 Å². The largest absolute Gasteiger partial charge is 0.275 e. The van der Waals surface area contributed by atoms with Crippen LogP contribution < -0.4 is 0 Å². The van der Waals surface area contributed by atoms with Gasteiger partial charge in [-0.3, -0.25) is 15.1 Å². The van der Waals surface area contributed by atoms with Gasteiger partial charge in [-0.2, -0.15) is 5.10 Å². The van der Waals surface area contributed by atoms with Gasteiger partial charge in [0.05, 0.1) is 22.7 Å². The van der Waals surface area contributed by atoms with E-state index >= 15 is 0 Å². The highest BCUT2D eigenvalue weighted by molar-refractivity contribution is 5.62. The molecule has 2 aromatic heterocycles. The first-order valence-electron chi connectivity index (χ1n) is 6.58. The Labute approximate surface area is 129 Å². The summed E-state index contributed by atoms with van der Waals surface area (Å²) >= 11 is 0. The third-order valence-corrected chi connectivity index (χ3v) is 3.29. The van der Waals surface area contributed by atoms with Crippen LogP contribution in [0, 0.1) is 28.7 Å². The van der Waals surface area contributed by atoms with Gasteiger partial charge >= 0.3 is 0 Å². The van der Waals surface area contributed by atoms with Crippen molar-refractivity contribution in [2.75, 3.05) is 0 Å². The normalized spacial score (nSPS) is 10.7. The SMILES string of the molecule is Cc1cn(-c2c(F)cc([N+](=O)[O-])cc2F)nc1-c1ccncc1. The summed E-state index contributed by atoms with van der Waals surface area (Å²) in [5.74, 6) is -2.11. The number of rotatable bonds is 3. The van der Waals surface area contributed by atoms with Crippen molar-refractivity contribution in [3.05, 3.63) is 70.2 Å². The predicted octanol–water partition coefficient (Wildman–Crippen LogP) is 3.43. The van der Waals surface area contributed by atoms with Gasteiger partial charge in [0, 0.05) is 24.2 Å². The van der Waals surface area contributed by atoms with Gasteiger partial charge in [-0.1, -0.05) is 0 Å². The van der Waals surface area contributed by atoms with Gasteiger partial charge in [0.2, 0.25) is 0 Å². The van der Waals surface area contributed by atoms with Crippen LogP contribution in [0.15, 0.2) is 42.9 Å². The molecule has 0 fully saturated rings. The number of aryl methyl sites for hydroxylation is 1. The second-order valence-corrected chi connectivity index (χ2v) is 4.86. The van der Waals surface area contributed by atoms with Gasteiger partial charge in [-0.25, -0.2) is 13.5 Å². The highest BCUT2D eigenvalue weighted by atomic mass is 19.1. The topological polar surface area (TPSA) is 73.8 Å². The molecule has 0 N–H and O–H groups in total. The highest BCUT2D eigenvalue weighted by Crippen LogP contribution is 2.27. The fourth-order valence-corrected chi connectivity index (χ4v) is 2.25. The van der Waals surface area contributed by atoms with E-state index in [1.165, 1.54) is 6.20 Å². The lowest BCUT2D eigenvalue weighted by Gasteiger charge is -2.05. The molecule has 0 unspecified atom stereocenters. The number of halogens is 2. The minimum Gasteiger partial charge on any atom is -0.265 e. The predicted molar refractivity (Wildman–Crippen MR) is 78.1 cm³/mol. The van der Waals surface area contributed by atoms with Crippen molar-refractivity contribution in [2.45, 2.75) is 6.92 Å². The Hall–Kier alpha value is -3.16. The summed E-state index contributed by atoms with van der Waals surface area (Å²) in [5.41, 5.74) is 0.887. The standard InChI is InChI=1S/C15H10F2N4O2/c1-9-8-20(19-14(9)10-2-4-18-5-3-10)15-12(16)6-11(21(22)23)7-13(15)17/h2-8H,1H3. The Morgan fingerprint density at radius 3 is 2.35 bits per heavy atom. The number of non-ortho nitro benzene ring substituents is 1. The van der Waals surface area contributed by atoms with E-state index in [2.05, 4.69) is 10.1 Å². The van der Waals surface area contributed by atoms with E-state index in [9.17, 15) is 18.9 Å². The molecule has 0 bridgehead atoms. The fraction of sp³-hybridized carbons (Fsp3) is 0.0667. The first kappa shape index (κ1) is 14.8. The second-order valence-electron chi connectivity index (χ2n) is 4.86. The van der Waals surface area contributed by atoms with Gasteiger partial charge in [0.1, 0.15) is 5.69 Å². The summed E-state index contributed by atoms with van der Waals surface area (Å²) in [6.07, 6.45) is 4.63. The van der Waals surface area contributed by atoms with Crippen LogP contribution in [0.3, 0.4) is 0 Å². The monoisotopic (exact) mass is 316 g/mol. The van der Waals surface area contributed by atoms with Crippen molar-refractivity contribution in [3.8, 4) is 16.9 Å². The van der Waals surface area contributed by atoms with Gasteiger partial charge < -0.3 is 0 Å². The molecule has 0 radical (unpaired) electrons. The van der Waals surface area contributed by atoms with Crippen molar-refractivity contribution >= 4 is 5.69 Å². The first-order chi connectivity index (χ1) is 11.0. The van der Waals surface area contributed by atoms with E-state index in [0.717, 1.165) is 10.2 Å². The van der Waals surface area contributed by atoms with Crippen molar-refractivity contribution in [1.82, 2.24) is 14.8 Å². The van der Waals surface area contributed by atoms with Crippen molar-refractivity contribution < 1.29 is 13.7 Å². The molecule has 0 saturated carbocycles. The molecule has 0 saturated heterocycles. The van der Waals surface area contributed by atoms with Crippen molar-refractivity contribution in [3.63, 3.8) is 0 Å². The molecule has 3 aromatic rings. The van der Waals surface area contributed by atoms with Crippen LogP contribution in [-0.4, -0.2) is 19.7 Å². The summed E-state index contributed by atoms with van der Waals surface area (Å²) in [6.45, 7) is 1.75. The molecule has 1 aromatic carbocycles. The third-order valence-electron chi connectivity index (χ3n) is 3.29. The summed E-state index contributed by atoms with van der Waals surface area (Å²) in [4.78, 5) is 13.7. The second kappa shape index (κ2) is 5.56. The Morgan fingerprint density at radius 1 is 1.17 bits per heavy atom. The summed E-state index contributed by atoms with van der Waals surface area (Å²) in [5, 5.41) is 14.8. The van der Waals surface area contributed by atoms with E-state index in [1.807, 2.05) is 0 Å². The Balaban J connectivity index is 2.12. The fourth-order valence-electron chi connectivity index (χ4n) is 2.25. The number of hydrogen-bond donors (Lipinski definition) is 0. The maximum absolute atomic E-state index is 14.1. The molecule has 23 heavy (non-hydrogen) atoms. The van der Waals surface area contributed by atoms with E-state index in [1.54, 1.807) is 31.5 Å². The summed E-state index contributed by atoms with van der Waals surface area (Å²) < 4.78 is 29.2. The number of aromatic nitrogens is 3. The Kier molecular flexibility index (Phi) is 3.57. The first-order valence-corrected chi connectivity index (χ1v) is 6.58. The molecule has 2 heterocycles. The van der Waals surface area contributed by atoms with E-state index in [0.29, 0.717) is 23.4 Å². The molecule has 3 rings (SSSR count). The number of pyridine rings is 1. The smallest absolute Gasteiger partial charge is 0.265 e. The number of nitro benzene ring substituents is 1. The molecule has 0 aliphatic carbocycles. The van der Waals surface area contributed by atoms with E-state index in [-0.39, 0.29) is 0 Å². The molecule has 0 spiro atoms. The number of hydrogen-bond acceptors (Lipinski definition) is 4. The van der Waals surface area contributed by atoms with Crippen LogP contribution >= 0.6 is 0 Å². The Bertz CT molecular complexity index is 871. The third kappa shape index (κ3) is 2.66. The van der Waals surface area contributed by atoms with Crippen molar-refractivity contribution in [1.29, 1.82) is 0 Å². The maximum atomic E-state index is 14.1. The Morgan fingerprint density at radius 2 is 1.78 bits per heavy atom. The highest BCUT2D eigenvalue weighted by Gasteiger charge is 2.20. The van der Waals surface area contributed by atoms with E-state index < -0.39 is 27.9 Å². The average molecular weight is 316 g/mol. The average Bonchev–Trinajstić information content (AvgIpc) is 2.89. The summed E-state index contributed by atoms with van der Waals surface area (Å²) in [6, 6.07) is 4.79. The zero-order chi connectivity index (χ0) is 16.6. The molecule has 8 heteroatoms. The molecule has 0 aliphatic heterocycles. The molecule has 116 valence electrons. The lowest BCUT2D eigenvalue weighted by molar-refractivity contribution is -0.385. The van der Waals surface area contributed by atoms with Crippen LogP contribution in [0.25, 0.3) is 16.9 Å². The van der Waals surface area contributed by atoms with E-state index in [4.69, 9.17) is 0 Å². The van der Waals surface area contributed by atoms with Crippen LogP contribution in [-0.2, 0) is 0 Å². The molecular weight excluding hydrogens is 306 g/mol. The van der Waals surface area contributed by atoms with Crippen molar-refractivity contribution in [2.24, 2.45) is 0 Å². The van der Waals surface area contributed by atoms with Gasteiger partial charge in [-0.15, -0.1) is 0 Å². The molecular formula is C15H10F2N4O2. The lowest BCUT2D eigenvalue weighted by Crippen LogP contribution is -2.04. The zero-order valence-corrected chi connectivity index (χ0v) is 11.9. The summed E-state index contributed by atoms with van der Waals surface area (Å²) in [7, 11) is 0. The van der Waals surface area contributed by atoms with Gasteiger partial charge in [0.15, 0.2) is 11.6 Å². The number of nitro groups is 1. The molecule has 0 atom stereocenters.